The molecule has 2 N–H and O–H groups in total. The van der Waals surface area contributed by atoms with Crippen molar-refractivity contribution in [2.75, 3.05) is 57.8 Å². The minimum atomic E-state index is 0. The highest BCUT2D eigenvalue weighted by Gasteiger charge is 2.15. The van der Waals surface area contributed by atoms with Crippen molar-refractivity contribution < 1.29 is 0 Å². The predicted molar refractivity (Wildman–Crippen MR) is 139 cm³/mol. The predicted octanol–water partition coefficient (Wildman–Crippen LogP) is 2.63. The van der Waals surface area contributed by atoms with Gasteiger partial charge in [0, 0.05) is 64.1 Å². The molecular weight excluding hydrogens is 489 g/mol. The van der Waals surface area contributed by atoms with Crippen molar-refractivity contribution in [3.8, 4) is 0 Å². The number of halogens is 1. The highest BCUT2D eigenvalue weighted by atomic mass is 127. The van der Waals surface area contributed by atoms with Crippen LogP contribution in [0.25, 0.3) is 0 Å². The number of pyridine rings is 1. The maximum Gasteiger partial charge on any atom is 0.191 e. The van der Waals surface area contributed by atoms with E-state index in [2.05, 4.69) is 84.1 Å². The minimum Gasteiger partial charge on any atom is -0.357 e. The van der Waals surface area contributed by atoms with Crippen LogP contribution in [0.5, 0.6) is 0 Å². The number of guanidine groups is 1. The summed E-state index contributed by atoms with van der Waals surface area (Å²) < 4.78 is 0. The van der Waals surface area contributed by atoms with Crippen LogP contribution in [0, 0.1) is 0 Å². The molecule has 0 unspecified atom stereocenters. The maximum atomic E-state index is 4.74. The third kappa shape index (κ3) is 8.93. The molecule has 30 heavy (non-hydrogen) atoms. The Morgan fingerprint density at radius 1 is 1.10 bits per heavy atom. The Kier molecular flexibility index (Phi) is 12.6. The van der Waals surface area contributed by atoms with Gasteiger partial charge in [-0.1, -0.05) is 6.07 Å². The van der Waals surface area contributed by atoms with E-state index in [1.807, 2.05) is 6.20 Å². The lowest BCUT2D eigenvalue weighted by Crippen LogP contribution is -2.45. The van der Waals surface area contributed by atoms with Crippen molar-refractivity contribution in [3.63, 3.8) is 0 Å². The van der Waals surface area contributed by atoms with Crippen molar-refractivity contribution in [1.29, 1.82) is 0 Å². The van der Waals surface area contributed by atoms with Gasteiger partial charge in [-0.05, 0) is 53.3 Å². The first-order valence-corrected chi connectivity index (χ1v) is 11.1. The smallest absolute Gasteiger partial charge is 0.191 e. The molecule has 0 spiro atoms. The highest BCUT2D eigenvalue weighted by molar-refractivity contribution is 14.0. The third-order valence-corrected chi connectivity index (χ3v) is 5.39. The average Bonchev–Trinajstić information content (AvgIpc) is 2.69. The van der Waals surface area contributed by atoms with Crippen LogP contribution in [0.4, 0.5) is 5.82 Å². The number of nitrogens with zero attached hydrogens (tertiary/aromatic N) is 5. The lowest BCUT2D eigenvalue weighted by molar-refractivity contribution is 0.178. The molecule has 8 heteroatoms. The Hall–Kier alpha value is -1.13. The van der Waals surface area contributed by atoms with Gasteiger partial charge in [0.2, 0.25) is 0 Å². The standard InChI is InChI=1S/C22H41N7.HI/c1-7-23-22(24-10-11-29(18(2)3)19(4)5)26-17-20-8-9-21(25-16-20)28-14-12-27(6)13-15-28;/h8-9,16,18-19H,7,10-15,17H2,1-6H3,(H2,23,24,26);1H. The quantitative estimate of drug-likeness (QED) is 0.291. The van der Waals surface area contributed by atoms with E-state index >= 15 is 0 Å². The molecule has 0 atom stereocenters. The van der Waals surface area contributed by atoms with Crippen LogP contribution in [0.1, 0.15) is 40.2 Å². The van der Waals surface area contributed by atoms with Crippen LogP contribution in [-0.2, 0) is 6.54 Å². The van der Waals surface area contributed by atoms with Crippen LogP contribution in [-0.4, -0.2) is 85.7 Å². The number of hydrogen-bond acceptors (Lipinski definition) is 5. The molecule has 1 aliphatic rings. The number of piperazine rings is 1. The van der Waals surface area contributed by atoms with Crippen LogP contribution in [0.15, 0.2) is 23.3 Å². The van der Waals surface area contributed by atoms with Gasteiger partial charge in [0.05, 0.1) is 6.54 Å². The lowest BCUT2D eigenvalue weighted by Gasteiger charge is -2.33. The number of rotatable bonds is 9. The molecule has 7 nitrogen and oxygen atoms in total. The summed E-state index contributed by atoms with van der Waals surface area (Å²) in [6.07, 6.45) is 1.96. The lowest BCUT2D eigenvalue weighted by atomic mass is 10.2. The Morgan fingerprint density at radius 3 is 2.30 bits per heavy atom. The van der Waals surface area contributed by atoms with Crippen molar-refractivity contribution in [3.05, 3.63) is 23.9 Å². The van der Waals surface area contributed by atoms with E-state index in [0.29, 0.717) is 18.6 Å². The van der Waals surface area contributed by atoms with Gasteiger partial charge in [0.1, 0.15) is 5.82 Å². The fraction of sp³-hybridized carbons (Fsp3) is 0.727. The topological polar surface area (TPSA) is 59.0 Å². The zero-order valence-corrected chi connectivity index (χ0v) is 22.0. The summed E-state index contributed by atoms with van der Waals surface area (Å²) >= 11 is 0. The summed E-state index contributed by atoms with van der Waals surface area (Å²) in [5, 5.41) is 6.80. The SMILES string of the molecule is CCNC(=NCc1ccc(N2CCN(C)CC2)nc1)NCCN(C(C)C)C(C)C.I. The van der Waals surface area contributed by atoms with Crippen LogP contribution in [0.3, 0.4) is 0 Å². The number of aromatic nitrogens is 1. The minimum absolute atomic E-state index is 0. The Balaban J connectivity index is 0.00000450. The van der Waals surface area contributed by atoms with Gasteiger partial charge in [-0.2, -0.15) is 0 Å². The van der Waals surface area contributed by atoms with Crippen molar-refractivity contribution in [1.82, 2.24) is 25.4 Å². The van der Waals surface area contributed by atoms with E-state index in [4.69, 9.17) is 4.99 Å². The molecular formula is C22H42IN7. The number of nitrogens with one attached hydrogen (secondary N) is 2. The van der Waals surface area contributed by atoms with E-state index in [1.165, 1.54) is 0 Å². The summed E-state index contributed by atoms with van der Waals surface area (Å²) in [7, 11) is 2.17. The second-order valence-electron chi connectivity index (χ2n) is 8.36. The van der Waals surface area contributed by atoms with Crippen molar-refractivity contribution in [2.24, 2.45) is 4.99 Å². The van der Waals surface area contributed by atoms with Gasteiger partial charge in [0.15, 0.2) is 5.96 Å². The zero-order chi connectivity index (χ0) is 21.2. The van der Waals surface area contributed by atoms with Gasteiger partial charge in [-0.25, -0.2) is 9.98 Å². The third-order valence-electron chi connectivity index (χ3n) is 5.39. The maximum absolute atomic E-state index is 4.74. The number of hydrogen-bond donors (Lipinski definition) is 2. The van der Waals surface area contributed by atoms with Crippen LogP contribution >= 0.6 is 24.0 Å². The van der Waals surface area contributed by atoms with Gasteiger partial charge >= 0.3 is 0 Å². The van der Waals surface area contributed by atoms with Crippen LogP contribution in [0.2, 0.25) is 0 Å². The van der Waals surface area contributed by atoms with Crippen molar-refractivity contribution >= 4 is 35.8 Å². The molecule has 1 aromatic heterocycles. The monoisotopic (exact) mass is 531 g/mol. The molecule has 0 radical (unpaired) electrons. The van der Waals surface area contributed by atoms with Crippen molar-refractivity contribution in [2.45, 2.75) is 53.2 Å². The summed E-state index contributed by atoms with van der Waals surface area (Å²) in [4.78, 5) is 16.6. The summed E-state index contributed by atoms with van der Waals surface area (Å²) in [5.74, 6) is 1.93. The number of aliphatic imine (C=N–C) groups is 1. The summed E-state index contributed by atoms with van der Waals surface area (Å²) in [6.45, 7) is 18.7. The summed E-state index contributed by atoms with van der Waals surface area (Å²) in [6, 6.07) is 5.36. The first kappa shape index (κ1) is 26.9. The molecule has 0 amide bonds. The highest BCUT2D eigenvalue weighted by Crippen LogP contribution is 2.14. The van der Waals surface area contributed by atoms with Gasteiger partial charge in [0.25, 0.3) is 0 Å². The largest absolute Gasteiger partial charge is 0.357 e. The molecule has 0 bridgehead atoms. The number of likely N-dealkylation sites (N-methyl/N-ethyl adjacent to an activating group) is 1. The molecule has 0 aliphatic carbocycles. The second kappa shape index (κ2) is 14.0. The second-order valence-corrected chi connectivity index (χ2v) is 8.36. The Morgan fingerprint density at radius 2 is 1.77 bits per heavy atom. The van der Waals surface area contributed by atoms with E-state index in [0.717, 1.165) is 63.2 Å². The molecule has 172 valence electrons. The molecule has 1 aromatic rings. The Bertz CT molecular complexity index is 602. The molecule has 0 aromatic carbocycles. The Labute approximate surface area is 200 Å². The van der Waals surface area contributed by atoms with Gasteiger partial charge < -0.3 is 20.4 Å². The molecule has 2 heterocycles. The average molecular weight is 532 g/mol. The zero-order valence-electron chi connectivity index (χ0n) is 19.7. The number of anilines is 1. The fourth-order valence-corrected chi connectivity index (χ4v) is 3.66. The van der Waals surface area contributed by atoms with Crippen LogP contribution < -0.4 is 15.5 Å². The van der Waals surface area contributed by atoms with E-state index in [9.17, 15) is 0 Å². The van der Waals surface area contributed by atoms with E-state index < -0.39 is 0 Å². The molecule has 1 saturated heterocycles. The van der Waals surface area contributed by atoms with E-state index in [1.54, 1.807) is 0 Å². The fourth-order valence-electron chi connectivity index (χ4n) is 3.66. The molecule has 1 fully saturated rings. The molecule has 2 rings (SSSR count). The molecule has 0 saturated carbocycles. The van der Waals surface area contributed by atoms with E-state index in [-0.39, 0.29) is 24.0 Å². The summed E-state index contributed by atoms with van der Waals surface area (Å²) in [5.41, 5.74) is 1.13. The first-order chi connectivity index (χ1) is 13.9. The van der Waals surface area contributed by atoms with Gasteiger partial charge in [-0.15, -0.1) is 24.0 Å². The molecule has 1 aliphatic heterocycles. The normalized spacial score (nSPS) is 15.6. The van der Waals surface area contributed by atoms with Gasteiger partial charge in [-0.3, -0.25) is 4.90 Å². The first-order valence-electron chi connectivity index (χ1n) is 11.1.